The van der Waals surface area contributed by atoms with Crippen LogP contribution in [0.1, 0.15) is 5.56 Å². The van der Waals surface area contributed by atoms with E-state index in [0.717, 1.165) is 18.5 Å². The van der Waals surface area contributed by atoms with E-state index in [-0.39, 0.29) is 16.4 Å². The van der Waals surface area contributed by atoms with Crippen molar-refractivity contribution in [2.45, 2.75) is 6.18 Å². The quantitative estimate of drug-likeness (QED) is 0.670. The number of alkyl halides is 3. The summed E-state index contributed by atoms with van der Waals surface area (Å²) in [5.41, 5.74) is -0.819. The Morgan fingerprint density at radius 2 is 1.67 bits per heavy atom. The second-order valence-corrected chi connectivity index (χ2v) is 4.66. The number of hydrogen-bond acceptors (Lipinski definition) is 3. The normalized spacial score (nSPS) is 11.8. The summed E-state index contributed by atoms with van der Waals surface area (Å²) < 4.78 is 39.3. The zero-order valence-corrected chi connectivity index (χ0v) is 11.2. The SMILES string of the molecule is FC(F)(F)c1ccncc1-c1nnc(Cl)c2ccccc12. The number of fused-ring (bicyclic) bond motifs is 1. The van der Waals surface area contributed by atoms with E-state index >= 15 is 0 Å². The predicted octanol–water partition coefficient (Wildman–Crippen LogP) is 4.36. The molecule has 2 aromatic heterocycles. The highest BCUT2D eigenvalue weighted by molar-refractivity contribution is 6.34. The van der Waals surface area contributed by atoms with Gasteiger partial charge in [0.25, 0.3) is 0 Å². The molecule has 0 spiro atoms. The highest BCUT2D eigenvalue weighted by atomic mass is 35.5. The first-order valence-corrected chi connectivity index (χ1v) is 6.29. The molecule has 21 heavy (non-hydrogen) atoms. The minimum Gasteiger partial charge on any atom is -0.264 e. The number of benzene rings is 1. The third-order valence-electron chi connectivity index (χ3n) is 3.02. The van der Waals surface area contributed by atoms with Gasteiger partial charge in [-0.15, -0.1) is 10.2 Å². The Bertz CT molecular complexity index is 818. The summed E-state index contributed by atoms with van der Waals surface area (Å²) in [7, 11) is 0. The van der Waals surface area contributed by atoms with Gasteiger partial charge in [0.2, 0.25) is 0 Å². The van der Waals surface area contributed by atoms with E-state index in [1.165, 1.54) is 0 Å². The molecule has 0 N–H and O–H groups in total. The molecule has 0 saturated carbocycles. The fraction of sp³-hybridized carbons (Fsp3) is 0.0714. The lowest BCUT2D eigenvalue weighted by molar-refractivity contribution is -0.137. The molecular formula is C14H7ClF3N3. The minimum atomic E-state index is -4.50. The van der Waals surface area contributed by atoms with Crippen LogP contribution >= 0.6 is 11.6 Å². The van der Waals surface area contributed by atoms with Gasteiger partial charge in [-0.25, -0.2) is 0 Å². The lowest BCUT2D eigenvalue weighted by atomic mass is 10.0. The van der Waals surface area contributed by atoms with Crippen molar-refractivity contribution in [3.8, 4) is 11.3 Å². The molecule has 3 aromatic rings. The van der Waals surface area contributed by atoms with Crippen LogP contribution in [0.3, 0.4) is 0 Å². The van der Waals surface area contributed by atoms with E-state index in [1.54, 1.807) is 24.3 Å². The molecule has 3 rings (SSSR count). The molecule has 0 unspecified atom stereocenters. The van der Waals surface area contributed by atoms with Gasteiger partial charge in [0.05, 0.1) is 5.56 Å². The van der Waals surface area contributed by atoms with Crippen molar-refractivity contribution in [2.75, 3.05) is 0 Å². The zero-order valence-electron chi connectivity index (χ0n) is 10.4. The molecule has 106 valence electrons. The van der Waals surface area contributed by atoms with Crippen molar-refractivity contribution in [1.82, 2.24) is 15.2 Å². The lowest BCUT2D eigenvalue weighted by Gasteiger charge is -2.12. The molecule has 3 nitrogen and oxygen atoms in total. The maximum atomic E-state index is 13.1. The number of aromatic nitrogens is 3. The van der Waals surface area contributed by atoms with Crippen LogP contribution in [0.2, 0.25) is 5.15 Å². The Labute approximate surface area is 122 Å². The van der Waals surface area contributed by atoms with E-state index in [0.29, 0.717) is 10.8 Å². The zero-order chi connectivity index (χ0) is 15.0. The third kappa shape index (κ3) is 2.42. The third-order valence-corrected chi connectivity index (χ3v) is 3.30. The van der Waals surface area contributed by atoms with Crippen LogP contribution < -0.4 is 0 Å². The van der Waals surface area contributed by atoms with Crippen LogP contribution in [-0.2, 0) is 6.18 Å². The molecule has 0 saturated heterocycles. The number of hydrogen-bond donors (Lipinski definition) is 0. The molecule has 0 aliphatic rings. The van der Waals surface area contributed by atoms with Crippen molar-refractivity contribution < 1.29 is 13.2 Å². The van der Waals surface area contributed by atoms with Gasteiger partial charge in [-0.2, -0.15) is 13.2 Å². The number of rotatable bonds is 1. The van der Waals surface area contributed by atoms with Crippen LogP contribution in [-0.4, -0.2) is 15.2 Å². The van der Waals surface area contributed by atoms with Crippen LogP contribution in [0.15, 0.2) is 42.7 Å². The summed E-state index contributed by atoms with van der Waals surface area (Å²) in [5.74, 6) is 0. The molecule has 0 atom stereocenters. The van der Waals surface area contributed by atoms with Crippen LogP contribution in [0.5, 0.6) is 0 Å². The second-order valence-electron chi connectivity index (χ2n) is 4.30. The number of pyridine rings is 1. The largest absolute Gasteiger partial charge is 0.417 e. The smallest absolute Gasteiger partial charge is 0.264 e. The molecular weight excluding hydrogens is 303 g/mol. The molecule has 0 fully saturated rings. The Kier molecular flexibility index (Phi) is 3.25. The van der Waals surface area contributed by atoms with E-state index < -0.39 is 11.7 Å². The minimum absolute atomic E-state index is 0.107. The fourth-order valence-electron chi connectivity index (χ4n) is 2.10. The van der Waals surface area contributed by atoms with Crippen molar-refractivity contribution >= 4 is 22.4 Å². The molecule has 0 amide bonds. The first-order chi connectivity index (χ1) is 9.98. The summed E-state index contributed by atoms with van der Waals surface area (Å²) in [6.45, 7) is 0. The Morgan fingerprint density at radius 1 is 0.952 bits per heavy atom. The maximum absolute atomic E-state index is 13.1. The molecule has 0 radical (unpaired) electrons. The van der Waals surface area contributed by atoms with Gasteiger partial charge in [0.15, 0.2) is 5.15 Å². The number of halogens is 4. The highest BCUT2D eigenvalue weighted by Gasteiger charge is 2.34. The van der Waals surface area contributed by atoms with Crippen molar-refractivity contribution in [3.05, 3.63) is 53.4 Å². The van der Waals surface area contributed by atoms with Crippen molar-refractivity contribution in [3.63, 3.8) is 0 Å². The fourth-order valence-corrected chi connectivity index (χ4v) is 2.30. The number of nitrogens with zero attached hydrogens (tertiary/aromatic N) is 3. The average Bonchev–Trinajstić information content (AvgIpc) is 2.47. The van der Waals surface area contributed by atoms with Crippen LogP contribution in [0, 0.1) is 0 Å². The van der Waals surface area contributed by atoms with Gasteiger partial charge in [0, 0.05) is 28.7 Å². The predicted molar refractivity (Wildman–Crippen MR) is 72.8 cm³/mol. The topological polar surface area (TPSA) is 38.7 Å². The standard InChI is InChI=1S/C14H7ClF3N3/c15-13-9-4-2-1-3-8(9)12(20-21-13)10-7-19-6-5-11(10)14(16,17)18/h1-7H. The van der Waals surface area contributed by atoms with E-state index in [9.17, 15) is 13.2 Å². The molecule has 0 aliphatic carbocycles. The van der Waals surface area contributed by atoms with E-state index in [1.807, 2.05) is 0 Å². The van der Waals surface area contributed by atoms with Crippen LogP contribution in [0.25, 0.3) is 22.0 Å². The molecule has 7 heteroatoms. The maximum Gasteiger partial charge on any atom is 0.417 e. The monoisotopic (exact) mass is 309 g/mol. The molecule has 0 aliphatic heterocycles. The summed E-state index contributed by atoms with van der Waals surface area (Å²) in [5, 5.41) is 8.74. The van der Waals surface area contributed by atoms with E-state index in [4.69, 9.17) is 11.6 Å². The van der Waals surface area contributed by atoms with Crippen LogP contribution in [0.4, 0.5) is 13.2 Å². The van der Waals surface area contributed by atoms with Crippen molar-refractivity contribution in [2.24, 2.45) is 0 Å². The Morgan fingerprint density at radius 3 is 2.38 bits per heavy atom. The Hall–Kier alpha value is -2.21. The average molecular weight is 310 g/mol. The summed E-state index contributed by atoms with van der Waals surface area (Å²) in [6.07, 6.45) is -2.27. The second kappa shape index (κ2) is 4.96. The summed E-state index contributed by atoms with van der Waals surface area (Å²) >= 11 is 5.93. The summed E-state index contributed by atoms with van der Waals surface area (Å²) in [4.78, 5) is 3.76. The molecule has 1 aromatic carbocycles. The summed E-state index contributed by atoms with van der Waals surface area (Å²) in [6, 6.07) is 7.68. The van der Waals surface area contributed by atoms with Crippen molar-refractivity contribution in [1.29, 1.82) is 0 Å². The van der Waals surface area contributed by atoms with E-state index in [2.05, 4.69) is 15.2 Å². The molecule has 2 heterocycles. The van der Waals surface area contributed by atoms with Gasteiger partial charge >= 0.3 is 6.18 Å². The first kappa shape index (κ1) is 13.8. The van der Waals surface area contributed by atoms with Gasteiger partial charge < -0.3 is 0 Å². The van der Waals surface area contributed by atoms with Gasteiger partial charge in [-0.1, -0.05) is 35.9 Å². The van der Waals surface area contributed by atoms with Gasteiger partial charge in [0.1, 0.15) is 5.69 Å². The lowest BCUT2D eigenvalue weighted by Crippen LogP contribution is -2.08. The van der Waals surface area contributed by atoms with Gasteiger partial charge in [-0.05, 0) is 6.07 Å². The first-order valence-electron chi connectivity index (χ1n) is 5.91. The Balaban J connectivity index is 2.35. The highest BCUT2D eigenvalue weighted by Crippen LogP contribution is 2.38. The molecule has 0 bridgehead atoms. The van der Waals surface area contributed by atoms with Gasteiger partial charge in [-0.3, -0.25) is 4.98 Å².